The second-order valence-electron chi connectivity index (χ2n) is 7.68. The minimum absolute atomic E-state index is 0.121. The van der Waals surface area contributed by atoms with E-state index in [-0.39, 0.29) is 5.41 Å². The number of hydrogen-bond donors (Lipinski definition) is 0. The first kappa shape index (κ1) is 18.2. The van der Waals surface area contributed by atoms with Crippen LogP contribution in [0.2, 0.25) is 0 Å². The average molecular weight is 376 g/mol. The molecule has 144 valence electrons. The zero-order valence-electron chi connectivity index (χ0n) is 16.6. The van der Waals surface area contributed by atoms with Gasteiger partial charge in [-0.15, -0.1) is 0 Å². The number of ether oxygens (including phenoxy) is 1. The Morgan fingerprint density at radius 1 is 1.07 bits per heavy atom. The Bertz CT molecular complexity index is 1090. The zero-order chi connectivity index (χ0) is 19.7. The summed E-state index contributed by atoms with van der Waals surface area (Å²) >= 11 is 0. The molecule has 4 rings (SSSR count). The van der Waals surface area contributed by atoms with Crippen LogP contribution in [0.25, 0.3) is 16.7 Å². The predicted octanol–water partition coefficient (Wildman–Crippen LogP) is 3.91. The Kier molecular flexibility index (Phi) is 4.58. The summed E-state index contributed by atoms with van der Waals surface area (Å²) in [4.78, 5) is 9.15. The van der Waals surface area contributed by atoms with Crippen LogP contribution in [0, 0.1) is 0 Å². The molecule has 0 saturated heterocycles. The second-order valence-corrected chi connectivity index (χ2v) is 7.68. The van der Waals surface area contributed by atoms with Gasteiger partial charge in [0, 0.05) is 17.5 Å². The molecule has 0 radical (unpaired) electrons. The quantitative estimate of drug-likeness (QED) is 0.528. The summed E-state index contributed by atoms with van der Waals surface area (Å²) in [6, 6.07) is 12.1. The summed E-state index contributed by atoms with van der Waals surface area (Å²) in [6.07, 6.45) is 3.40. The molecule has 0 atom stereocenters. The Morgan fingerprint density at radius 3 is 2.57 bits per heavy atom. The summed E-state index contributed by atoms with van der Waals surface area (Å²) in [7, 11) is 0. The number of rotatable bonds is 5. The lowest BCUT2D eigenvalue weighted by Gasteiger charge is -2.22. The second kappa shape index (κ2) is 7.07. The SMILES string of the molecule is CCn1ncnc1COc1nc2c(cnn2-c2ccccc2)cc1C(C)(C)C. The third-order valence-electron chi connectivity index (χ3n) is 4.65. The molecule has 0 aliphatic heterocycles. The van der Waals surface area contributed by atoms with Crippen molar-refractivity contribution in [1.82, 2.24) is 29.5 Å². The number of benzene rings is 1. The largest absolute Gasteiger partial charge is 0.469 e. The summed E-state index contributed by atoms with van der Waals surface area (Å²) in [6.45, 7) is 9.55. The number of aryl methyl sites for hydroxylation is 1. The third-order valence-corrected chi connectivity index (χ3v) is 4.65. The first-order valence-corrected chi connectivity index (χ1v) is 9.41. The van der Waals surface area contributed by atoms with Gasteiger partial charge in [-0.3, -0.25) is 0 Å². The molecule has 0 amide bonds. The Hall–Kier alpha value is -3.22. The average Bonchev–Trinajstić information content (AvgIpc) is 3.31. The molecule has 0 saturated carbocycles. The van der Waals surface area contributed by atoms with Gasteiger partial charge in [-0.1, -0.05) is 39.0 Å². The Balaban J connectivity index is 1.78. The van der Waals surface area contributed by atoms with E-state index in [0.717, 1.165) is 34.7 Å². The standard InChI is InChI=1S/C21H24N6O/c1-5-26-18(22-14-24-26)13-28-20-17(21(2,3)4)11-15-12-23-27(19(15)25-20)16-9-7-6-8-10-16/h6-12,14H,5,13H2,1-4H3. The van der Waals surface area contributed by atoms with Gasteiger partial charge in [-0.05, 0) is 30.5 Å². The molecule has 0 unspecified atom stereocenters. The van der Waals surface area contributed by atoms with Crippen molar-refractivity contribution in [2.45, 2.75) is 46.3 Å². The van der Waals surface area contributed by atoms with Crippen molar-refractivity contribution in [2.24, 2.45) is 0 Å². The summed E-state index contributed by atoms with van der Waals surface area (Å²) in [5.41, 5.74) is 2.65. The highest BCUT2D eigenvalue weighted by molar-refractivity contribution is 5.78. The lowest BCUT2D eigenvalue weighted by atomic mass is 9.87. The van der Waals surface area contributed by atoms with Crippen LogP contribution in [-0.4, -0.2) is 29.5 Å². The molecule has 0 aliphatic carbocycles. The molecule has 3 heterocycles. The zero-order valence-corrected chi connectivity index (χ0v) is 16.6. The molecular weight excluding hydrogens is 352 g/mol. The van der Waals surface area contributed by atoms with E-state index in [4.69, 9.17) is 9.72 Å². The smallest absolute Gasteiger partial charge is 0.219 e. The molecule has 1 aromatic carbocycles. The molecule has 0 N–H and O–H groups in total. The van der Waals surface area contributed by atoms with Gasteiger partial charge in [0.1, 0.15) is 12.9 Å². The van der Waals surface area contributed by atoms with Crippen LogP contribution >= 0.6 is 0 Å². The van der Waals surface area contributed by atoms with Crippen LogP contribution in [0.3, 0.4) is 0 Å². The highest BCUT2D eigenvalue weighted by Crippen LogP contribution is 2.33. The van der Waals surface area contributed by atoms with Gasteiger partial charge in [0.2, 0.25) is 5.88 Å². The van der Waals surface area contributed by atoms with Crippen LogP contribution in [0.4, 0.5) is 0 Å². The number of fused-ring (bicyclic) bond motifs is 1. The van der Waals surface area contributed by atoms with Crippen molar-refractivity contribution in [3.63, 3.8) is 0 Å². The van der Waals surface area contributed by atoms with Crippen LogP contribution in [-0.2, 0) is 18.6 Å². The maximum absolute atomic E-state index is 6.14. The van der Waals surface area contributed by atoms with Gasteiger partial charge < -0.3 is 4.74 Å². The van der Waals surface area contributed by atoms with E-state index < -0.39 is 0 Å². The lowest BCUT2D eigenvalue weighted by molar-refractivity contribution is 0.269. The molecular formula is C21H24N6O. The molecule has 0 spiro atoms. The maximum Gasteiger partial charge on any atom is 0.219 e. The molecule has 7 heteroatoms. The first-order valence-electron chi connectivity index (χ1n) is 9.41. The van der Waals surface area contributed by atoms with Crippen molar-refractivity contribution < 1.29 is 4.74 Å². The van der Waals surface area contributed by atoms with E-state index in [1.807, 2.05) is 52.8 Å². The minimum Gasteiger partial charge on any atom is -0.469 e. The number of para-hydroxylation sites is 1. The van der Waals surface area contributed by atoms with Crippen LogP contribution in [0.15, 0.2) is 48.9 Å². The molecule has 4 aromatic rings. The van der Waals surface area contributed by atoms with E-state index in [9.17, 15) is 0 Å². The van der Waals surface area contributed by atoms with Gasteiger partial charge in [-0.2, -0.15) is 15.2 Å². The van der Waals surface area contributed by atoms with Crippen molar-refractivity contribution >= 4 is 11.0 Å². The maximum atomic E-state index is 6.14. The van der Waals surface area contributed by atoms with Crippen molar-refractivity contribution in [3.8, 4) is 11.6 Å². The van der Waals surface area contributed by atoms with Gasteiger partial charge in [0.05, 0.1) is 11.9 Å². The fourth-order valence-electron chi connectivity index (χ4n) is 3.14. The van der Waals surface area contributed by atoms with E-state index in [1.165, 1.54) is 0 Å². The number of aromatic nitrogens is 6. The highest BCUT2D eigenvalue weighted by atomic mass is 16.5. The van der Waals surface area contributed by atoms with Gasteiger partial charge in [0.25, 0.3) is 0 Å². The topological polar surface area (TPSA) is 70.7 Å². The lowest BCUT2D eigenvalue weighted by Crippen LogP contribution is -2.16. The molecule has 28 heavy (non-hydrogen) atoms. The van der Waals surface area contributed by atoms with Gasteiger partial charge in [-0.25, -0.2) is 14.3 Å². The monoisotopic (exact) mass is 376 g/mol. The summed E-state index contributed by atoms with van der Waals surface area (Å²) in [5.74, 6) is 1.38. The summed E-state index contributed by atoms with van der Waals surface area (Å²) in [5, 5.41) is 9.73. The number of nitrogens with zero attached hydrogens (tertiary/aromatic N) is 6. The number of hydrogen-bond acceptors (Lipinski definition) is 5. The van der Waals surface area contributed by atoms with Crippen molar-refractivity contribution in [3.05, 3.63) is 60.3 Å². The van der Waals surface area contributed by atoms with E-state index in [1.54, 1.807) is 6.33 Å². The molecule has 3 aromatic heterocycles. The van der Waals surface area contributed by atoms with Gasteiger partial charge in [0.15, 0.2) is 11.5 Å². The fraction of sp³-hybridized carbons (Fsp3) is 0.333. The highest BCUT2D eigenvalue weighted by Gasteiger charge is 2.23. The van der Waals surface area contributed by atoms with Crippen LogP contribution < -0.4 is 4.74 Å². The molecule has 0 fully saturated rings. The first-order chi connectivity index (χ1) is 13.5. The fourth-order valence-corrected chi connectivity index (χ4v) is 3.14. The Morgan fingerprint density at radius 2 is 1.86 bits per heavy atom. The van der Waals surface area contributed by atoms with Crippen LogP contribution in [0.5, 0.6) is 5.88 Å². The molecule has 0 aliphatic rings. The van der Waals surface area contributed by atoms with E-state index in [2.05, 4.69) is 42.0 Å². The summed E-state index contributed by atoms with van der Waals surface area (Å²) < 4.78 is 9.80. The predicted molar refractivity (Wildman–Crippen MR) is 108 cm³/mol. The van der Waals surface area contributed by atoms with E-state index >= 15 is 0 Å². The molecule has 7 nitrogen and oxygen atoms in total. The van der Waals surface area contributed by atoms with Gasteiger partial charge >= 0.3 is 0 Å². The Labute approximate surface area is 164 Å². The van der Waals surface area contributed by atoms with Crippen molar-refractivity contribution in [2.75, 3.05) is 0 Å². The van der Waals surface area contributed by atoms with E-state index in [0.29, 0.717) is 12.5 Å². The normalized spacial score (nSPS) is 11.9. The minimum atomic E-state index is -0.121. The number of pyridine rings is 1. The molecule has 0 bridgehead atoms. The van der Waals surface area contributed by atoms with Crippen LogP contribution in [0.1, 0.15) is 39.1 Å². The third kappa shape index (κ3) is 3.35. The van der Waals surface area contributed by atoms with Crippen molar-refractivity contribution in [1.29, 1.82) is 0 Å².